The molecule has 0 spiro atoms. The fourth-order valence-electron chi connectivity index (χ4n) is 2.75. The first-order chi connectivity index (χ1) is 8.79. The van der Waals surface area contributed by atoms with Crippen molar-refractivity contribution < 1.29 is 9.18 Å². The lowest BCUT2D eigenvalue weighted by Gasteiger charge is -2.28. The van der Waals surface area contributed by atoms with E-state index in [1.54, 1.807) is 6.07 Å². The molecule has 2 rings (SSSR count). The summed E-state index contributed by atoms with van der Waals surface area (Å²) in [6, 6.07) is 4.52. The summed E-state index contributed by atoms with van der Waals surface area (Å²) in [5.41, 5.74) is 1.64. The molecule has 1 unspecified atom stereocenters. The smallest absolute Gasteiger partial charge is 0.161 e. The molecule has 0 aromatic heterocycles. The van der Waals surface area contributed by atoms with E-state index in [0.29, 0.717) is 11.5 Å². The van der Waals surface area contributed by atoms with Gasteiger partial charge in [-0.05, 0) is 42.9 Å². The third kappa shape index (κ3) is 2.96. The Kier molecular flexibility index (Phi) is 3.66. The fourth-order valence-corrected chi connectivity index (χ4v) is 2.75. The molecule has 1 heterocycles. The topological polar surface area (TPSA) is 20.3 Å². The molecule has 1 saturated heterocycles. The van der Waals surface area contributed by atoms with Crippen LogP contribution in [-0.4, -0.2) is 18.9 Å². The number of Topliss-reactive ketones (excluding diaryl/α,β-unsaturated/α-hetero) is 1. The van der Waals surface area contributed by atoms with Gasteiger partial charge in [0.2, 0.25) is 0 Å². The maximum atomic E-state index is 13.3. The van der Waals surface area contributed by atoms with Gasteiger partial charge < -0.3 is 4.90 Å². The maximum Gasteiger partial charge on any atom is 0.161 e. The van der Waals surface area contributed by atoms with Gasteiger partial charge in [0, 0.05) is 24.3 Å². The highest BCUT2D eigenvalue weighted by Crippen LogP contribution is 2.36. The Morgan fingerprint density at radius 1 is 1.37 bits per heavy atom. The number of halogens is 1. The Hall–Kier alpha value is -1.38. The van der Waals surface area contributed by atoms with Crippen LogP contribution in [-0.2, 0) is 0 Å². The molecule has 0 radical (unpaired) electrons. The summed E-state index contributed by atoms with van der Waals surface area (Å²) in [6.45, 7) is 10.1. The standard InChI is InChI=1S/C16H22FNO/c1-11(19)14-9-13(17)5-6-15(14)18-8-7-12(10-18)16(2,3)4/h5-6,9,12H,7-8,10H2,1-4H3. The fraction of sp³-hybridized carbons (Fsp3) is 0.562. The third-order valence-electron chi connectivity index (χ3n) is 4.09. The minimum Gasteiger partial charge on any atom is -0.371 e. The summed E-state index contributed by atoms with van der Waals surface area (Å²) in [5.74, 6) is 0.187. The number of hydrogen-bond donors (Lipinski definition) is 0. The zero-order valence-corrected chi connectivity index (χ0v) is 12.2. The van der Waals surface area contributed by atoms with E-state index < -0.39 is 0 Å². The second kappa shape index (κ2) is 4.95. The second-order valence-corrected chi connectivity index (χ2v) is 6.52. The van der Waals surface area contributed by atoms with Crippen molar-refractivity contribution in [1.29, 1.82) is 0 Å². The molecule has 0 bridgehead atoms. The van der Waals surface area contributed by atoms with Gasteiger partial charge in [-0.15, -0.1) is 0 Å². The molecule has 1 fully saturated rings. The molecule has 0 amide bonds. The molecule has 104 valence electrons. The number of benzene rings is 1. The van der Waals surface area contributed by atoms with Crippen molar-refractivity contribution in [3.63, 3.8) is 0 Å². The number of nitrogens with zero attached hydrogens (tertiary/aromatic N) is 1. The zero-order chi connectivity index (χ0) is 14.2. The van der Waals surface area contributed by atoms with Gasteiger partial charge in [-0.2, -0.15) is 0 Å². The lowest BCUT2D eigenvalue weighted by Crippen LogP contribution is -2.26. The summed E-state index contributed by atoms with van der Waals surface area (Å²) >= 11 is 0. The molecule has 1 atom stereocenters. The number of carbonyl (C=O) groups is 1. The van der Waals surface area contributed by atoms with Crippen LogP contribution in [0.3, 0.4) is 0 Å². The van der Waals surface area contributed by atoms with Gasteiger partial charge in [-0.1, -0.05) is 20.8 Å². The largest absolute Gasteiger partial charge is 0.371 e. The monoisotopic (exact) mass is 263 g/mol. The molecule has 1 aromatic carbocycles. The second-order valence-electron chi connectivity index (χ2n) is 6.52. The van der Waals surface area contributed by atoms with Gasteiger partial charge in [0.15, 0.2) is 5.78 Å². The SMILES string of the molecule is CC(=O)c1cc(F)ccc1N1CCC(C(C)(C)C)C1. The van der Waals surface area contributed by atoms with E-state index in [9.17, 15) is 9.18 Å². The number of carbonyl (C=O) groups excluding carboxylic acids is 1. The van der Waals surface area contributed by atoms with E-state index in [1.165, 1.54) is 19.1 Å². The Morgan fingerprint density at radius 2 is 2.05 bits per heavy atom. The minimum atomic E-state index is -0.347. The van der Waals surface area contributed by atoms with Crippen molar-refractivity contribution >= 4 is 11.5 Å². The van der Waals surface area contributed by atoms with Crippen molar-refractivity contribution in [2.45, 2.75) is 34.1 Å². The van der Waals surface area contributed by atoms with Crippen LogP contribution in [0.15, 0.2) is 18.2 Å². The first kappa shape index (κ1) is 14.0. The van der Waals surface area contributed by atoms with Crippen LogP contribution < -0.4 is 4.90 Å². The van der Waals surface area contributed by atoms with E-state index in [0.717, 1.165) is 25.2 Å². The summed E-state index contributed by atoms with van der Waals surface area (Å²) < 4.78 is 13.3. The van der Waals surface area contributed by atoms with Crippen LogP contribution in [0.4, 0.5) is 10.1 Å². The van der Waals surface area contributed by atoms with Gasteiger partial charge in [-0.3, -0.25) is 4.79 Å². The number of hydrogen-bond acceptors (Lipinski definition) is 2. The van der Waals surface area contributed by atoms with Crippen molar-refractivity contribution in [3.8, 4) is 0 Å². The van der Waals surface area contributed by atoms with Gasteiger partial charge in [0.05, 0.1) is 0 Å². The van der Waals surface area contributed by atoms with E-state index >= 15 is 0 Å². The third-order valence-corrected chi connectivity index (χ3v) is 4.09. The average Bonchev–Trinajstić information content (AvgIpc) is 2.77. The van der Waals surface area contributed by atoms with Crippen LogP contribution in [0, 0.1) is 17.2 Å². The first-order valence-electron chi connectivity index (χ1n) is 6.84. The lowest BCUT2D eigenvalue weighted by atomic mass is 9.80. The normalized spacial score (nSPS) is 19.8. The molecule has 3 heteroatoms. The highest BCUT2D eigenvalue weighted by molar-refractivity contribution is 5.99. The van der Waals surface area contributed by atoms with Gasteiger partial charge >= 0.3 is 0 Å². The molecule has 0 aliphatic carbocycles. The molecule has 1 aliphatic heterocycles. The molecule has 2 nitrogen and oxygen atoms in total. The minimum absolute atomic E-state index is 0.0753. The van der Waals surface area contributed by atoms with E-state index in [-0.39, 0.29) is 17.0 Å². The Labute approximate surface area is 114 Å². The molecule has 19 heavy (non-hydrogen) atoms. The molecule has 1 aromatic rings. The van der Waals surface area contributed by atoms with Crippen LogP contribution >= 0.6 is 0 Å². The number of rotatable bonds is 2. The lowest BCUT2D eigenvalue weighted by molar-refractivity contribution is 0.101. The van der Waals surface area contributed by atoms with Gasteiger partial charge in [0.1, 0.15) is 5.82 Å². The average molecular weight is 263 g/mol. The summed E-state index contributed by atoms with van der Waals surface area (Å²) in [5, 5.41) is 0. The van der Waals surface area contributed by atoms with E-state index in [2.05, 4.69) is 25.7 Å². The van der Waals surface area contributed by atoms with Crippen molar-refractivity contribution in [3.05, 3.63) is 29.6 Å². The molecular formula is C16H22FNO. The Morgan fingerprint density at radius 3 is 2.58 bits per heavy atom. The summed E-state index contributed by atoms with van der Waals surface area (Å²) in [4.78, 5) is 13.9. The van der Waals surface area contributed by atoms with Crippen LogP contribution in [0.25, 0.3) is 0 Å². The predicted octanol–water partition coefficient (Wildman–Crippen LogP) is 3.90. The quantitative estimate of drug-likeness (QED) is 0.754. The highest BCUT2D eigenvalue weighted by Gasteiger charge is 2.32. The summed E-state index contributed by atoms with van der Waals surface area (Å²) in [7, 11) is 0. The highest BCUT2D eigenvalue weighted by atomic mass is 19.1. The van der Waals surface area contributed by atoms with Crippen molar-refractivity contribution in [2.24, 2.45) is 11.3 Å². The zero-order valence-electron chi connectivity index (χ0n) is 12.2. The van der Waals surface area contributed by atoms with Crippen molar-refractivity contribution in [2.75, 3.05) is 18.0 Å². The van der Waals surface area contributed by atoms with Crippen LogP contribution in [0.5, 0.6) is 0 Å². The van der Waals surface area contributed by atoms with Crippen LogP contribution in [0.2, 0.25) is 0 Å². The van der Waals surface area contributed by atoms with Gasteiger partial charge in [0.25, 0.3) is 0 Å². The summed E-state index contributed by atoms with van der Waals surface area (Å²) in [6.07, 6.45) is 1.12. The number of ketones is 1. The first-order valence-corrected chi connectivity index (χ1v) is 6.84. The van der Waals surface area contributed by atoms with Crippen molar-refractivity contribution in [1.82, 2.24) is 0 Å². The number of anilines is 1. The Bertz CT molecular complexity index is 490. The van der Waals surface area contributed by atoms with E-state index in [1.807, 2.05) is 0 Å². The Balaban J connectivity index is 2.27. The van der Waals surface area contributed by atoms with Crippen LogP contribution in [0.1, 0.15) is 44.5 Å². The maximum absolute atomic E-state index is 13.3. The predicted molar refractivity (Wildman–Crippen MR) is 76.2 cm³/mol. The molecule has 0 N–H and O–H groups in total. The van der Waals surface area contributed by atoms with Gasteiger partial charge in [-0.25, -0.2) is 4.39 Å². The molecule has 0 saturated carbocycles. The van der Waals surface area contributed by atoms with E-state index in [4.69, 9.17) is 0 Å². The molecular weight excluding hydrogens is 241 g/mol. The molecule has 1 aliphatic rings.